The zero-order chi connectivity index (χ0) is 23.8. The molecule has 10 heteroatoms. The summed E-state index contributed by atoms with van der Waals surface area (Å²) < 4.78 is 13.2. The van der Waals surface area contributed by atoms with Crippen LogP contribution in [0.4, 0.5) is 4.79 Å². The molecule has 0 saturated heterocycles. The number of carbonyl (C=O) groups excluding carboxylic acids is 1. The summed E-state index contributed by atoms with van der Waals surface area (Å²) in [6.45, 7) is 0.0451. The molecule has 3 atom stereocenters. The Morgan fingerprint density at radius 2 is 2.06 bits per heavy atom. The number of carboxylic acid groups (broad SMARTS) is 1. The van der Waals surface area contributed by atoms with Crippen molar-refractivity contribution < 1.29 is 24.2 Å². The predicted octanol–water partition coefficient (Wildman–Crippen LogP) is 3.19. The number of aryl methyl sites for hydroxylation is 1. The van der Waals surface area contributed by atoms with Crippen molar-refractivity contribution in [2.24, 2.45) is 18.9 Å². The molecule has 3 aliphatic rings. The number of hydrogen-bond acceptors (Lipinski definition) is 7. The second-order valence-electron chi connectivity index (χ2n) is 9.39. The summed E-state index contributed by atoms with van der Waals surface area (Å²) in [4.78, 5) is 30.1. The number of amides is 1. The van der Waals surface area contributed by atoms with E-state index in [2.05, 4.69) is 21.4 Å². The molecular formula is C24H29N5O5. The fraction of sp³-hybridized carbons (Fsp3) is 0.542. The van der Waals surface area contributed by atoms with Crippen molar-refractivity contribution in [3.63, 3.8) is 0 Å². The molecular weight excluding hydrogens is 438 g/mol. The molecule has 0 aromatic carbocycles. The normalized spacial score (nSPS) is 23.7. The topological polar surface area (TPSA) is 120 Å². The first-order valence-electron chi connectivity index (χ1n) is 11.8. The number of carbonyl (C=O) groups is 2. The zero-order valence-electron chi connectivity index (χ0n) is 19.4. The molecule has 1 N–H and O–H groups in total. The number of fused-ring (bicyclic) bond motifs is 1. The molecule has 0 bridgehead atoms. The standard InChI is InChI=1S/C24H29N5O5/c1-28(16-5-3-4-6-16)24(32)33-13-20-22(26-27-29(20)2)19-8-7-17(12-25-19)34-21-11-15(23(30)31)9-14-10-18(14)21/h7-8,10,12,15-16,18,21H,3-6,9,11,13H2,1-2H3,(H,30,31)/t15-,18+,21-/m1/s1. The van der Waals surface area contributed by atoms with E-state index in [1.165, 1.54) is 5.57 Å². The summed E-state index contributed by atoms with van der Waals surface area (Å²) in [5.74, 6) is -0.369. The number of nitrogens with zero attached hydrogens (tertiary/aromatic N) is 5. The van der Waals surface area contributed by atoms with Gasteiger partial charge in [0.1, 0.15) is 29.8 Å². The number of pyridine rings is 1. The number of hydrogen-bond donors (Lipinski definition) is 1. The van der Waals surface area contributed by atoms with Gasteiger partial charge in [0, 0.05) is 26.1 Å². The highest BCUT2D eigenvalue weighted by atomic mass is 16.6. The van der Waals surface area contributed by atoms with Gasteiger partial charge < -0.3 is 19.5 Å². The van der Waals surface area contributed by atoms with E-state index in [1.54, 1.807) is 42.0 Å². The van der Waals surface area contributed by atoms with E-state index in [-0.39, 0.29) is 30.8 Å². The molecule has 180 valence electrons. The van der Waals surface area contributed by atoms with Gasteiger partial charge in [-0.2, -0.15) is 0 Å². The summed E-state index contributed by atoms with van der Waals surface area (Å²) in [7, 11) is 3.53. The second kappa shape index (κ2) is 9.08. The first-order chi connectivity index (χ1) is 16.4. The van der Waals surface area contributed by atoms with Crippen LogP contribution in [0, 0.1) is 11.8 Å². The fourth-order valence-electron chi connectivity index (χ4n) is 5.01. The molecule has 5 rings (SSSR count). The van der Waals surface area contributed by atoms with Crippen LogP contribution in [0.25, 0.3) is 11.4 Å². The largest absolute Gasteiger partial charge is 0.488 e. The Morgan fingerprint density at radius 3 is 2.76 bits per heavy atom. The van der Waals surface area contributed by atoms with Gasteiger partial charge in [-0.3, -0.25) is 9.78 Å². The smallest absolute Gasteiger partial charge is 0.410 e. The average molecular weight is 468 g/mol. The van der Waals surface area contributed by atoms with Crippen LogP contribution in [0.5, 0.6) is 5.75 Å². The molecule has 2 fully saturated rings. The van der Waals surface area contributed by atoms with E-state index in [4.69, 9.17) is 9.47 Å². The summed E-state index contributed by atoms with van der Waals surface area (Å²) in [6.07, 6.45) is 8.58. The minimum absolute atomic E-state index is 0.0451. The third-order valence-corrected chi connectivity index (χ3v) is 7.16. The maximum atomic E-state index is 12.5. The van der Waals surface area contributed by atoms with Crippen LogP contribution in [-0.2, 0) is 23.2 Å². The van der Waals surface area contributed by atoms with Crippen LogP contribution in [-0.4, -0.2) is 61.2 Å². The van der Waals surface area contributed by atoms with Gasteiger partial charge in [-0.1, -0.05) is 29.7 Å². The van der Waals surface area contributed by atoms with Crippen molar-refractivity contribution in [2.45, 2.75) is 57.3 Å². The van der Waals surface area contributed by atoms with Gasteiger partial charge in [0.15, 0.2) is 0 Å². The minimum Gasteiger partial charge on any atom is -0.488 e. The monoisotopic (exact) mass is 467 g/mol. The Labute approximate surface area is 197 Å². The van der Waals surface area contributed by atoms with Crippen LogP contribution >= 0.6 is 0 Å². The Hall–Kier alpha value is -3.43. The number of aromatic nitrogens is 4. The lowest BCUT2D eigenvalue weighted by Gasteiger charge is -2.27. The molecule has 10 nitrogen and oxygen atoms in total. The molecule has 0 unspecified atom stereocenters. The van der Waals surface area contributed by atoms with Crippen LogP contribution in [0.1, 0.15) is 44.2 Å². The predicted molar refractivity (Wildman–Crippen MR) is 121 cm³/mol. The number of ether oxygens (including phenoxy) is 2. The molecule has 2 saturated carbocycles. The highest BCUT2D eigenvalue weighted by molar-refractivity contribution is 5.71. The summed E-state index contributed by atoms with van der Waals surface area (Å²) in [6, 6.07) is 3.82. The Kier molecular flexibility index (Phi) is 5.97. The highest BCUT2D eigenvalue weighted by Crippen LogP contribution is 2.46. The van der Waals surface area contributed by atoms with Crippen LogP contribution in [0.3, 0.4) is 0 Å². The Bertz CT molecular complexity index is 1110. The van der Waals surface area contributed by atoms with E-state index in [9.17, 15) is 14.7 Å². The SMILES string of the molecule is CN(C(=O)OCc1c(-c2ccc(O[C@@H]3C[C@H](C(=O)O)CC4=C[C@@H]43)cn2)nnn1C)C1CCCC1. The molecule has 0 aliphatic heterocycles. The van der Waals surface area contributed by atoms with E-state index in [0.717, 1.165) is 25.7 Å². The number of rotatable bonds is 7. The van der Waals surface area contributed by atoms with Crippen molar-refractivity contribution in [2.75, 3.05) is 7.05 Å². The van der Waals surface area contributed by atoms with E-state index in [1.807, 2.05) is 0 Å². The zero-order valence-corrected chi connectivity index (χ0v) is 19.4. The molecule has 0 radical (unpaired) electrons. The van der Waals surface area contributed by atoms with Gasteiger partial charge in [-0.15, -0.1) is 5.10 Å². The summed E-state index contributed by atoms with van der Waals surface area (Å²) in [5, 5.41) is 17.7. The van der Waals surface area contributed by atoms with Crippen molar-refractivity contribution in [1.29, 1.82) is 0 Å². The van der Waals surface area contributed by atoms with E-state index < -0.39 is 11.9 Å². The van der Waals surface area contributed by atoms with Crippen molar-refractivity contribution >= 4 is 12.1 Å². The quantitative estimate of drug-likeness (QED) is 0.617. The molecule has 2 aromatic heterocycles. The van der Waals surface area contributed by atoms with Gasteiger partial charge in [-0.25, -0.2) is 9.48 Å². The van der Waals surface area contributed by atoms with Crippen molar-refractivity contribution in [1.82, 2.24) is 24.9 Å². The number of carboxylic acids is 1. The fourth-order valence-corrected chi connectivity index (χ4v) is 5.01. The van der Waals surface area contributed by atoms with Crippen molar-refractivity contribution in [3.05, 3.63) is 35.7 Å². The molecule has 1 amide bonds. The maximum absolute atomic E-state index is 12.5. The van der Waals surface area contributed by atoms with Gasteiger partial charge in [0.25, 0.3) is 0 Å². The van der Waals surface area contributed by atoms with Gasteiger partial charge in [-0.05, 0) is 37.8 Å². The first kappa shape index (κ1) is 22.4. The van der Waals surface area contributed by atoms with Crippen LogP contribution in [0.2, 0.25) is 0 Å². The Balaban J connectivity index is 1.23. The lowest BCUT2D eigenvalue weighted by molar-refractivity contribution is -0.143. The highest BCUT2D eigenvalue weighted by Gasteiger charge is 2.44. The molecule has 3 aliphatic carbocycles. The van der Waals surface area contributed by atoms with Gasteiger partial charge >= 0.3 is 12.1 Å². The lowest BCUT2D eigenvalue weighted by Crippen LogP contribution is -2.35. The molecule has 2 heterocycles. The lowest BCUT2D eigenvalue weighted by atomic mass is 9.87. The average Bonchev–Trinajstić information content (AvgIpc) is 3.24. The first-order valence-corrected chi connectivity index (χ1v) is 11.8. The Morgan fingerprint density at radius 1 is 1.26 bits per heavy atom. The third-order valence-electron chi connectivity index (χ3n) is 7.16. The third kappa shape index (κ3) is 4.49. The maximum Gasteiger partial charge on any atom is 0.410 e. The molecule has 2 aromatic rings. The number of aliphatic carboxylic acids is 1. The van der Waals surface area contributed by atoms with Gasteiger partial charge in [0.2, 0.25) is 0 Å². The molecule has 34 heavy (non-hydrogen) atoms. The second-order valence-corrected chi connectivity index (χ2v) is 9.39. The van der Waals surface area contributed by atoms with E-state index >= 15 is 0 Å². The molecule has 0 spiro atoms. The summed E-state index contributed by atoms with van der Waals surface area (Å²) >= 11 is 0. The minimum atomic E-state index is -0.779. The van der Waals surface area contributed by atoms with Crippen molar-refractivity contribution in [3.8, 4) is 17.1 Å². The van der Waals surface area contributed by atoms with E-state index in [0.29, 0.717) is 35.7 Å². The van der Waals surface area contributed by atoms with Crippen LogP contribution in [0.15, 0.2) is 30.0 Å². The van der Waals surface area contributed by atoms with Crippen LogP contribution < -0.4 is 4.74 Å². The summed E-state index contributed by atoms with van der Waals surface area (Å²) in [5.41, 5.74) is 2.95. The van der Waals surface area contributed by atoms with Gasteiger partial charge in [0.05, 0.1) is 17.8 Å².